The van der Waals surface area contributed by atoms with Crippen LogP contribution in [0.4, 0.5) is 0 Å². The normalized spacial score (nSPS) is 17.1. The Morgan fingerprint density at radius 1 is 1.37 bits per heavy atom. The van der Waals surface area contributed by atoms with Crippen LogP contribution in [0.15, 0.2) is 12.1 Å². The maximum absolute atomic E-state index is 12.4. The molecule has 0 atom stereocenters. The van der Waals surface area contributed by atoms with Crippen molar-refractivity contribution in [2.75, 3.05) is 26.7 Å². The van der Waals surface area contributed by atoms with E-state index in [1.165, 1.54) is 0 Å². The lowest BCUT2D eigenvalue weighted by molar-refractivity contribution is -0.194. The molecular formula is C14H18N2O3. The minimum Gasteiger partial charge on any atom is -0.338 e. The fourth-order valence-corrected chi connectivity index (χ4v) is 2.61. The molecule has 0 aromatic heterocycles. The van der Waals surface area contributed by atoms with Crippen molar-refractivity contribution in [2.45, 2.75) is 19.4 Å². The van der Waals surface area contributed by atoms with Crippen LogP contribution in [0.5, 0.6) is 5.75 Å². The predicted molar refractivity (Wildman–Crippen MR) is 70.0 cm³/mol. The Kier molecular flexibility index (Phi) is 3.40. The molecule has 19 heavy (non-hydrogen) atoms. The van der Waals surface area contributed by atoms with Crippen LogP contribution in [0.3, 0.4) is 0 Å². The van der Waals surface area contributed by atoms with Crippen LogP contribution in [0, 0.1) is 0 Å². The number of benzene rings is 1. The molecule has 0 spiro atoms. The summed E-state index contributed by atoms with van der Waals surface area (Å²) in [5.41, 5.74) is 2.84. The molecule has 1 amide bonds. The van der Waals surface area contributed by atoms with Crippen molar-refractivity contribution in [1.29, 1.82) is 0 Å². The Labute approximate surface area is 112 Å². The fraction of sp³-hybridized carbons (Fsp3) is 0.500. The molecule has 0 unspecified atom stereocenters. The van der Waals surface area contributed by atoms with Crippen molar-refractivity contribution in [1.82, 2.24) is 10.2 Å². The van der Waals surface area contributed by atoms with Gasteiger partial charge in [0.1, 0.15) is 6.61 Å². The molecule has 102 valence electrons. The molecular weight excluding hydrogens is 244 g/mol. The quantitative estimate of drug-likeness (QED) is 0.652. The number of hydrogen-bond donors (Lipinski definition) is 1. The van der Waals surface area contributed by atoms with Gasteiger partial charge in [0.2, 0.25) is 0 Å². The van der Waals surface area contributed by atoms with E-state index in [4.69, 9.17) is 9.78 Å². The number of amides is 1. The number of rotatable bonds is 4. The number of carbonyl (C=O) groups is 1. The summed E-state index contributed by atoms with van der Waals surface area (Å²) in [5.74, 6) is 0.891. The van der Waals surface area contributed by atoms with Crippen LogP contribution in [0.25, 0.3) is 0 Å². The van der Waals surface area contributed by atoms with Gasteiger partial charge in [0.05, 0.1) is 0 Å². The highest BCUT2D eigenvalue weighted by atomic mass is 17.2. The average molecular weight is 262 g/mol. The van der Waals surface area contributed by atoms with Crippen molar-refractivity contribution in [2.24, 2.45) is 0 Å². The summed E-state index contributed by atoms with van der Waals surface area (Å²) < 4.78 is 0. The topological polar surface area (TPSA) is 50.8 Å². The zero-order valence-corrected chi connectivity index (χ0v) is 11.1. The molecule has 2 aliphatic rings. The Balaban J connectivity index is 1.79. The first kappa shape index (κ1) is 12.4. The molecule has 0 aliphatic carbocycles. The summed E-state index contributed by atoms with van der Waals surface area (Å²) in [7, 11) is 1.93. The zero-order chi connectivity index (χ0) is 13.2. The van der Waals surface area contributed by atoms with E-state index in [2.05, 4.69) is 5.32 Å². The number of fused-ring (bicyclic) bond motifs is 2. The Morgan fingerprint density at radius 3 is 3.11 bits per heavy atom. The van der Waals surface area contributed by atoms with E-state index in [1.54, 1.807) is 0 Å². The van der Waals surface area contributed by atoms with E-state index < -0.39 is 0 Å². The number of hydrogen-bond acceptors (Lipinski definition) is 4. The fourth-order valence-electron chi connectivity index (χ4n) is 2.61. The number of nitrogens with zero attached hydrogens (tertiary/aromatic N) is 1. The lowest BCUT2D eigenvalue weighted by Gasteiger charge is -2.28. The van der Waals surface area contributed by atoms with Gasteiger partial charge in [0.25, 0.3) is 5.91 Å². The first-order chi connectivity index (χ1) is 9.29. The van der Waals surface area contributed by atoms with Gasteiger partial charge in [0, 0.05) is 24.2 Å². The SMILES string of the molecule is CNCCCN1CCc2cc3c(cc2C1=O)COO3. The molecule has 0 saturated carbocycles. The van der Waals surface area contributed by atoms with Crippen molar-refractivity contribution in [3.63, 3.8) is 0 Å². The molecule has 5 nitrogen and oxygen atoms in total. The van der Waals surface area contributed by atoms with Crippen molar-refractivity contribution in [3.8, 4) is 5.75 Å². The third-order valence-electron chi connectivity index (χ3n) is 3.67. The molecule has 2 heterocycles. The maximum atomic E-state index is 12.4. The standard InChI is InChI=1S/C14H18N2O3/c1-15-4-2-5-16-6-3-10-8-13-11(9-18-19-13)7-12(10)14(16)17/h7-8,15H,2-6,9H2,1H3. The Hall–Kier alpha value is -1.59. The lowest BCUT2D eigenvalue weighted by atomic mass is 9.96. The summed E-state index contributed by atoms with van der Waals surface area (Å²) >= 11 is 0. The second kappa shape index (κ2) is 5.19. The molecule has 1 N–H and O–H groups in total. The third-order valence-corrected chi connectivity index (χ3v) is 3.67. The Bertz CT molecular complexity index is 502. The number of nitrogens with one attached hydrogen (secondary N) is 1. The second-order valence-electron chi connectivity index (χ2n) is 4.96. The summed E-state index contributed by atoms with van der Waals surface area (Å²) in [6.45, 7) is 2.95. The van der Waals surface area contributed by atoms with Crippen molar-refractivity contribution >= 4 is 5.91 Å². The lowest BCUT2D eigenvalue weighted by Crippen LogP contribution is -2.39. The van der Waals surface area contributed by atoms with Crippen LogP contribution >= 0.6 is 0 Å². The summed E-state index contributed by atoms with van der Waals surface area (Å²) in [6.07, 6.45) is 1.87. The maximum Gasteiger partial charge on any atom is 0.254 e. The van der Waals surface area contributed by atoms with Gasteiger partial charge in [0.15, 0.2) is 5.75 Å². The van der Waals surface area contributed by atoms with Crippen molar-refractivity contribution < 1.29 is 14.6 Å². The third kappa shape index (κ3) is 2.31. The summed E-state index contributed by atoms with van der Waals surface area (Å²) in [5, 5.41) is 3.10. The van der Waals surface area contributed by atoms with Crippen molar-refractivity contribution in [3.05, 3.63) is 28.8 Å². The van der Waals surface area contributed by atoms with Crippen LogP contribution in [0.2, 0.25) is 0 Å². The largest absolute Gasteiger partial charge is 0.338 e. The van der Waals surface area contributed by atoms with E-state index >= 15 is 0 Å². The van der Waals surface area contributed by atoms with Gasteiger partial charge in [-0.2, -0.15) is 4.89 Å². The van der Waals surface area contributed by atoms with Gasteiger partial charge in [-0.3, -0.25) is 4.79 Å². The first-order valence-electron chi connectivity index (χ1n) is 6.69. The van der Waals surface area contributed by atoms with Gasteiger partial charge < -0.3 is 15.1 Å². The molecule has 2 aliphatic heterocycles. The van der Waals surface area contributed by atoms with Crippen LogP contribution in [-0.2, 0) is 17.9 Å². The molecule has 1 aromatic rings. The number of carbonyl (C=O) groups excluding carboxylic acids is 1. The molecule has 5 heteroatoms. The molecule has 0 saturated heterocycles. The minimum absolute atomic E-state index is 0.132. The smallest absolute Gasteiger partial charge is 0.254 e. The van der Waals surface area contributed by atoms with Gasteiger partial charge >= 0.3 is 0 Å². The van der Waals surface area contributed by atoms with Gasteiger partial charge in [-0.05, 0) is 44.1 Å². The van der Waals surface area contributed by atoms with Gasteiger partial charge in [-0.1, -0.05) is 0 Å². The highest BCUT2D eigenvalue weighted by Crippen LogP contribution is 2.32. The molecule has 0 fully saturated rings. The van der Waals surface area contributed by atoms with E-state index in [1.807, 2.05) is 24.1 Å². The summed E-state index contributed by atoms with van der Waals surface area (Å²) in [6, 6.07) is 3.87. The average Bonchev–Trinajstić information content (AvgIpc) is 2.87. The van der Waals surface area contributed by atoms with Gasteiger partial charge in [-0.15, -0.1) is 0 Å². The highest BCUT2D eigenvalue weighted by molar-refractivity contribution is 5.97. The second-order valence-corrected chi connectivity index (χ2v) is 4.96. The van der Waals surface area contributed by atoms with Crippen LogP contribution in [-0.4, -0.2) is 37.5 Å². The molecule has 0 radical (unpaired) electrons. The molecule has 1 aromatic carbocycles. The van der Waals surface area contributed by atoms with E-state index in [0.29, 0.717) is 6.61 Å². The van der Waals surface area contributed by atoms with Gasteiger partial charge in [-0.25, -0.2) is 0 Å². The van der Waals surface area contributed by atoms with Crippen LogP contribution in [0.1, 0.15) is 27.9 Å². The van der Waals surface area contributed by atoms with Crippen LogP contribution < -0.4 is 10.2 Å². The summed E-state index contributed by atoms with van der Waals surface area (Å²) in [4.78, 5) is 24.4. The molecule has 3 rings (SSSR count). The highest BCUT2D eigenvalue weighted by Gasteiger charge is 2.27. The minimum atomic E-state index is 0.132. The van der Waals surface area contributed by atoms with E-state index in [-0.39, 0.29) is 5.91 Å². The van der Waals surface area contributed by atoms with E-state index in [0.717, 1.165) is 54.9 Å². The zero-order valence-electron chi connectivity index (χ0n) is 11.1. The Morgan fingerprint density at radius 2 is 2.26 bits per heavy atom. The predicted octanol–water partition coefficient (Wildman–Crippen LogP) is 1.12. The van der Waals surface area contributed by atoms with E-state index in [9.17, 15) is 4.79 Å². The first-order valence-corrected chi connectivity index (χ1v) is 6.69. The molecule has 0 bridgehead atoms. The monoisotopic (exact) mass is 262 g/mol.